The molecule has 2 saturated heterocycles. The van der Waals surface area contributed by atoms with Crippen LogP contribution in [0.5, 0.6) is 0 Å². The average Bonchev–Trinajstić information content (AvgIpc) is 2.38. The Morgan fingerprint density at radius 3 is 2.35 bits per heavy atom. The first-order chi connectivity index (χ1) is 9.54. The molecule has 4 unspecified atom stereocenters. The van der Waals surface area contributed by atoms with E-state index < -0.39 is 0 Å². The number of hydrogen-bond donors (Lipinski definition) is 1. The van der Waals surface area contributed by atoms with Crippen LogP contribution in [-0.2, 0) is 4.79 Å². The van der Waals surface area contributed by atoms with E-state index >= 15 is 0 Å². The van der Waals surface area contributed by atoms with Crippen molar-refractivity contribution in [3.63, 3.8) is 0 Å². The van der Waals surface area contributed by atoms with Gasteiger partial charge in [0.15, 0.2) is 0 Å². The molecule has 4 heteroatoms. The summed E-state index contributed by atoms with van der Waals surface area (Å²) in [6.07, 6.45) is 5.76. The summed E-state index contributed by atoms with van der Waals surface area (Å²) in [4.78, 5) is 16.9. The Morgan fingerprint density at radius 1 is 1.10 bits per heavy atom. The summed E-state index contributed by atoms with van der Waals surface area (Å²) in [7, 11) is 0. The fraction of sp³-hybridized carbons (Fsp3) is 0.938. The molecule has 0 aromatic rings. The van der Waals surface area contributed by atoms with Gasteiger partial charge in [-0.2, -0.15) is 0 Å². The molecule has 0 aromatic heterocycles. The van der Waals surface area contributed by atoms with Crippen LogP contribution >= 0.6 is 0 Å². The van der Waals surface area contributed by atoms with Gasteiger partial charge in [0.05, 0.1) is 13.2 Å². The molecule has 2 aliphatic rings. The first-order valence-corrected chi connectivity index (χ1v) is 8.20. The molecule has 2 heterocycles. The maximum absolute atomic E-state index is 12.7. The zero-order valence-corrected chi connectivity index (χ0v) is 13.2. The Morgan fingerprint density at radius 2 is 1.75 bits per heavy atom. The molecule has 0 bridgehead atoms. The number of rotatable bonds is 3. The molecule has 2 rings (SSSR count). The lowest BCUT2D eigenvalue weighted by Gasteiger charge is -2.43. The number of hydrogen-bond acceptors (Lipinski definition) is 3. The molecule has 0 radical (unpaired) electrons. The molecule has 4 nitrogen and oxygen atoms in total. The van der Waals surface area contributed by atoms with Gasteiger partial charge < -0.3 is 10.0 Å². The number of aliphatic hydroxyl groups excluding tert-OH is 1. The largest absolute Gasteiger partial charge is 0.395 e. The Kier molecular flexibility index (Phi) is 5.44. The number of piperidine rings is 2. The Balaban J connectivity index is 1.98. The summed E-state index contributed by atoms with van der Waals surface area (Å²) in [6.45, 7) is 8.09. The number of likely N-dealkylation sites (tertiary alicyclic amines) is 2. The monoisotopic (exact) mass is 282 g/mol. The van der Waals surface area contributed by atoms with Gasteiger partial charge in [-0.3, -0.25) is 9.69 Å². The van der Waals surface area contributed by atoms with E-state index in [1.165, 1.54) is 6.42 Å². The number of amides is 1. The molecule has 116 valence electrons. The van der Waals surface area contributed by atoms with E-state index in [-0.39, 0.29) is 18.6 Å². The molecule has 2 aliphatic heterocycles. The normalized spacial score (nSPS) is 36.1. The SMILES string of the molecule is CC1CCCN(CC(=O)N2C(C)CCCC2C)C1CO. The van der Waals surface area contributed by atoms with Crippen LogP contribution in [-0.4, -0.2) is 58.6 Å². The summed E-state index contributed by atoms with van der Waals surface area (Å²) in [5.74, 6) is 0.731. The van der Waals surface area contributed by atoms with Crippen molar-refractivity contribution < 1.29 is 9.90 Å². The van der Waals surface area contributed by atoms with Crippen LogP contribution in [0.15, 0.2) is 0 Å². The molecule has 0 saturated carbocycles. The summed E-state index contributed by atoms with van der Waals surface area (Å²) < 4.78 is 0. The third kappa shape index (κ3) is 3.34. The van der Waals surface area contributed by atoms with E-state index in [0.717, 1.165) is 32.2 Å². The van der Waals surface area contributed by atoms with Crippen LogP contribution in [0.4, 0.5) is 0 Å². The van der Waals surface area contributed by atoms with Gasteiger partial charge in [0.25, 0.3) is 0 Å². The minimum atomic E-state index is 0.156. The average molecular weight is 282 g/mol. The van der Waals surface area contributed by atoms with E-state index in [1.54, 1.807) is 0 Å². The first kappa shape index (κ1) is 15.8. The van der Waals surface area contributed by atoms with Gasteiger partial charge in [-0.05, 0) is 58.4 Å². The van der Waals surface area contributed by atoms with Gasteiger partial charge in [0, 0.05) is 18.1 Å². The Bertz CT molecular complexity index is 324. The number of carbonyl (C=O) groups excluding carboxylic acids is 1. The molecule has 1 amide bonds. The van der Waals surface area contributed by atoms with E-state index in [0.29, 0.717) is 24.5 Å². The second-order valence-electron chi connectivity index (χ2n) is 6.77. The standard InChI is InChI=1S/C16H30N2O2/c1-12-6-5-9-17(15(12)11-19)10-16(20)18-13(2)7-4-8-14(18)3/h12-15,19H,4-11H2,1-3H3. The van der Waals surface area contributed by atoms with Crippen LogP contribution in [0, 0.1) is 5.92 Å². The van der Waals surface area contributed by atoms with Crippen molar-refractivity contribution in [3.8, 4) is 0 Å². The zero-order chi connectivity index (χ0) is 14.7. The fourth-order valence-electron chi connectivity index (χ4n) is 3.99. The van der Waals surface area contributed by atoms with Crippen LogP contribution in [0.25, 0.3) is 0 Å². The lowest BCUT2D eigenvalue weighted by atomic mass is 9.91. The van der Waals surface area contributed by atoms with Crippen molar-refractivity contribution in [2.75, 3.05) is 19.7 Å². The molecule has 0 aromatic carbocycles. The third-order valence-corrected chi connectivity index (χ3v) is 5.24. The van der Waals surface area contributed by atoms with Crippen LogP contribution in [0.1, 0.15) is 52.9 Å². The maximum atomic E-state index is 12.7. The maximum Gasteiger partial charge on any atom is 0.237 e. The molecule has 0 aliphatic carbocycles. The van der Waals surface area contributed by atoms with Gasteiger partial charge >= 0.3 is 0 Å². The lowest BCUT2D eigenvalue weighted by molar-refractivity contribution is -0.140. The van der Waals surface area contributed by atoms with E-state index in [9.17, 15) is 9.90 Å². The number of aliphatic hydroxyl groups is 1. The second kappa shape index (κ2) is 6.90. The molecular formula is C16H30N2O2. The van der Waals surface area contributed by atoms with Crippen LogP contribution < -0.4 is 0 Å². The molecule has 20 heavy (non-hydrogen) atoms. The van der Waals surface area contributed by atoms with Crippen molar-refractivity contribution in [1.29, 1.82) is 0 Å². The highest BCUT2D eigenvalue weighted by molar-refractivity contribution is 5.79. The van der Waals surface area contributed by atoms with E-state index in [4.69, 9.17) is 0 Å². The predicted octanol–water partition coefficient (Wildman–Crippen LogP) is 1.87. The van der Waals surface area contributed by atoms with Crippen molar-refractivity contribution in [1.82, 2.24) is 9.80 Å². The molecule has 1 N–H and O–H groups in total. The first-order valence-electron chi connectivity index (χ1n) is 8.20. The Hall–Kier alpha value is -0.610. The lowest BCUT2D eigenvalue weighted by Crippen LogP contribution is -2.55. The highest BCUT2D eigenvalue weighted by Crippen LogP contribution is 2.25. The highest BCUT2D eigenvalue weighted by atomic mass is 16.3. The number of carbonyl (C=O) groups is 1. The van der Waals surface area contributed by atoms with E-state index in [1.807, 2.05) is 0 Å². The molecule has 2 fully saturated rings. The summed E-state index contributed by atoms with van der Waals surface area (Å²) in [5, 5.41) is 9.59. The summed E-state index contributed by atoms with van der Waals surface area (Å²) in [5.41, 5.74) is 0. The van der Waals surface area contributed by atoms with Crippen LogP contribution in [0.2, 0.25) is 0 Å². The number of nitrogens with zero attached hydrogens (tertiary/aromatic N) is 2. The quantitative estimate of drug-likeness (QED) is 0.859. The van der Waals surface area contributed by atoms with E-state index in [2.05, 4.69) is 30.6 Å². The summed E-state index contributed by atoms with van der Waals surface area (Å²) in [6, 6.07) is 0.880. The second-order valence-corrected chi connectivity index (χ2v) is 6.77. The minimum absolute atomic E-state index is 0.156. The molecular weight excluding hydrogens is 252 g/mol. The molecule has 4 atom stereocenters. The van der Waals surface area contributed by atoms with Crippen LogP contribution in [0.3, 0.4) is 0 Å². The molecule has 0 spiro atoms. The summed E-state index contributed by atoms with van der Waals surface area (Å²) >= 11 is 0. The third-order valence-electron chi connectivity index (χ3n) is 5.24. The highest BCUT2D eigenvalue weighted by Gasteiger charge is 2.33. The van der Waals surface area contributed by atoms with Crippen molar-refractivity contribution in [3.05, 3.63) is 0 Å². The van der Waals surface area contributed by atoms with Crippen molar-refractivity contribution in [2.45, 2.75) is 71.0 Å². The Labute approximate surface area is 123 Å². The van der Waals surface area contributed by atoms with Gasteiger partial charge in [-0.25, -0.2) is 0 Å². The van der Waals surface area contributed by atoms with Gasteiger partial charge in [-0.15, -0.1) is 0 Å². The minimum Gasteiger partial charge on any atom is -0.395 e. The van der Waals surface area contributed by atoms with Crippen molar-refractivity contribution in [2.24, 2.45) is 5.92 Å². The predicted molar refractivity (Wildman–Crippen MR) is 80.5 cm³/mol. The topological polar surface area (TPSA) is 43.8 Å². The van der Waals surface area contributed by atoms with Gasteiger partial charge in [0.1, 0.15) is 0 Å². The van der Waals surface area contributed by atoms with Crippen molar-refractivity contribution >= 4 is 5.91 Å². The smallest absolute Gasteiger partial charge is 0.237 e. The zero-order valence-electron chi connectivity index (χ0n) is 13.2. The van der Waals surface area contributed by atoms with Gasteiger partial charge in [0.2, 0.25) is 5.91 Å². The fourth-order valence-corrected chi connectivity index (χ4v) is 3.99. The van der Waals surface area contributed by atoms with Gasteiger partial charge in [-0.1, -0.05) is 6.92 Å².